The van der Waals surface area contributed by atoms with Crippen molar-refractivity contribution in [3.8, 4) is 0 Å². The van der Waals surface area contributed by atoms with E-state index < -0.39 is 0 Å². The Morgan fingerprint density at radius 1 is 1.06 bits per heavy atom. The van der Waals surface area contributed by atoms with E-state index in [1.165, 1.54) is 25.7 Å². The third kappa shape index (κ3) is 5.83. The first kappa shape index (κ1) is 13.9. The average Bonchev–Trinajstić information content (AvgIpc) is 2.21. The van der Waals surface area contributed by atoms with E-state index in [1.807, 2.05) is 13.8 Å². The van der Waals surface area contributed by atoms with Crippen LogP contribution in [0.2, 0.25) is 0 Å². The van der Waals surface area contributed by atoms with Crippen LogP contribution >= 0.6 is 0 Å². The van der Waals surface area contributed by atoms with E-state index in [4.69, 9.17) is 15.2 Å². The molecule has 2 unspecified atom stereocenters. The zero-order valence-electron chi connectivity index (χ0n) is 10.8. The van der Waals surface area contributed by atoms with E-state index >= 15 is 0 Å². The summed E-state index contributed by atoms with van der Waals surface area (Å²) < 4.78 is 11.3. The van der Waals surface area contributed by atoms with Crippen molar-refractivity contribution in [1.29, 1.82) is 0 Å². The van der Waals surface area contributed by atoms with Crippen molar-refractivity contribution >= 4 is 0 Å². The van der Waals surface area contributed by atoms with E-state index in [1.54, 1.807) is 0 Å². The largest absolute Gasteiger partial charge is 0.376 e. The fourth-order valence-electron chi connectivity index (χ4n) is 2.17. The minimum absolute atomic E-state index is 0.222. The quantitative estimate of drug-likeness (QED) is 0.737. The Labute approximate surface area is 99.7 Å². The highest BCUT2D eigenvalue weighted by Crippen LogP contribution is 2.18. The zero-order chi connectivity index (χ0) is 11.8. The van der Waals surface area contributed by atoms with Gasteiger partial charge in [-0.3, -0.25) is 0 Å². The molecule has 1 fully saturated rings. The monoisotopic (exact) mass is 229 g/mol. The van der Waals surface area contributed by atoms with Crippen LogP contribution in [0.15, 0.2) is 0 Å². The van der Waals surface area contributed by atoms with E-state index in [0.29, 0.717) is 13.2 Å². The molecular weight excluding hydrogens is 202 g/mol. The molecule has 0 aromatic rings. The highest BCUT2D eigenvalue weighted by molar-refractivity contribution is 4.75. The van der Waals surface area contributed by atoms with Crippen molar-refractivity contribution in [3.63, 3.8) is 0 Å². The highest BCUT2D eigenvalue weighted by Gasteiger charge is 2.19. The van der Waals surface area contributed by atoms with Crippen molar-refractivity contribution in [1.82, 2.24) is 0 Å². The van der Waals surface area contributed by atoms with Gasteiger partial charge in [0.2, 0.25) is 0 Å². The molecule has 1 aliphatic rings. The lowest BCUT2D eigenvalue weighted by Crippen LogP contribution is -2.38. The summed E-state index contributed by atoms with van der Waals surface area (Å²) in [5.41, 5.74) is 6.12. The zero-order valence-corrected chi connectivity index (χ0v) is 10.8. The number of nitrogens with two attached hydrogens (primary N) is 1. The van der Waals surface area contributed by atoms with Crippen LogP contribution in [-0.2, 0) is 9.47 Å². The molecule has 3 heteroatoms. The summed E-state index contributed by atoms with van der Waals surface area (Å²) in [5.74, 6) is 0. The summed E-state index contributed by atoms with van der Waals surface area (Å²) >= 11 is 0. The molecule has 0 aromatic heterocycles. The van der Waals surface area contributed by atoms with Crippen molar-refractivity contribution in [2.75, 3.05) is 13.2 Å². The first-order chi connectivity index (χ1) is 7.70. The fourth-order valence-corrected chi connectivity index (χ4v) is 2.17. The number of ether oxygens (including phenoxy) is 2. The molecule has 1 aliphatic carbocycles. The molecule has 0 radical (unpaired) electrons. The predicted octanol–water partition coefficient (Wildman–Crippen LogP) is 2.48. The van der Waals surface area contributed by atoms with Gasteiger partial charge >= 0.3 is 0 Å². The maximum atomic E-state index is 6.12. The Hall–Kier alpha value is -0.120. The molecule has 1 saturated carbocycles. The molecule has 3 nitrogen and oxygen atoms in total. The SMILES string of the molecule is CC(C)OCCOC1CCCCCCC1N. The van der Waals surface area contributed by atoms with E-state index in [-0.39, 0.29) is 18.2 Å². The van der Waals surface area contributed by atoms with E-state index in [0.717, 1.165) is 12.8 Å². The van der Waals surface area contributed by atoms with Gasteiger partial charge in [0.15, 0.2) is 0 Å². The Morgan fingerprint density at radius 3 is 2.44 bits per heavy atom. The first-order valence-corrected chi connectivity index (χ1v) is 6.69. The summed E-state index contributed by atoms with van der Waals surface area (Å²) in [4.78, 5) is 0. The van der Waals surface area contributed by atoms with E-state index in [2.05, 4.69) is 0 Å². The second-order valence-corrected chi connectivity index (χ2v) is 4.98. The van der Waals surface area contributed by atoms with Crippen LogP contribution in [0.1, 0.15) is 52.4 Å². The first-order valence-electron chi connectivity index (χ1n) is 6.69. The molecule has 0 saturated heterocycles. The standard InChI is InChI=1S/C13H27NO2/c1-11(2)15-9-10-16-13-8-6-4-3-5-7-12(13)14/h11-13H,3-10,14H2,1-2H3. The summed E-state index contributed by atoms with van der Waals surface area (Å²) in [6, 6.07) is 0.222. The smallest absolute Gasteiger partial charge is 0.0727 e. The lowest BCUT2D eigenvalue weighted by Gasteiger charge is -2.26. The molecule has 0 bridgehead atoms. The average molecular weight is 229 g/mol. The Balaban J connectivity index is 2.16. The number of hydrogen-bond acceptors (Lipinski definition) is 3. The second-order valence-electron chi connectivity index (χ2n) is 4.98. The van der Waals surface area contributed by atoms with E-state index in [9.17, 15) is 0 Å². The van der Waals surface area contributed by atoms with Crippen LogP contribution in [0.25, 0.3) is 0 Å². The third-order valence-corrected chi connectivity index (χ3v) is 3.12. The van der Waals surface area contributed by atoms with Gasteiger partial charge in [-0.2, -0.15) is 0 Å². The molecule has 0 spiro atoms. The van der Waals surface area contributed by atoms with Crippen LogP contribution < -0.4 is 5.73 Å². The molecule has 0 aromatic carbocycles. The Bertz CT molecular complexity index is 173. The third-order valence-electron chi connectivity index (χ3n) is 3.12. The molecule has 1 rings (SSSR count). The fraction of sp³-hybridized carbons (Fsp3) is 1.00. The normalized spacial score (nSPS) is 27.8. The summed E-state index contributed by atoms with van der Waals surface area (Å²) in [7, 11) is 0. The molecule has 2 atom stereocenters. The molecule has 0 heterocycles. The van der Waals surface area contributed by atoms with Crippen molar-refractivity contribution in [3.05, 3.63) is 0 Å². The molecule has 16 heavy (non-hydrogen) atoms. The van der Waals surface area contributed by atoms with Gasteiger partial charge < -0.3 is 15.2 Å². The van der Waals surface area contributed by atoms with Gasteiger partial charge in [0, 0.05) is 6.04 Å². The Morgan fingerprint density at radius 2 is 1.75 bits per heavy atom. The lowest BCUT2D eigenvalue weighted by molar-refractivity contribution is -0.0268. The molecule has 2 N–H and O–H groups in total. The minimum atomic E-state index is 0.222. The predicted molar refractivity (Wildman–Crippen MR) is 66.5 cm³/mol. The van der Waals surface area contributed by atoms with Crippen molar-refractivity contribution in [2.45, 2.75) is 70.6 Å². The van der Waals surface area contributed by atoms with Crippen LogP contribution in [-0.4, -0.2) is 31.5 Å². The van der Waals surface area contributed by atoms with Gasteiger partial charge in [-0.15, -0.1) is 0 Å². The lowest BCUT2D eigenvalue weighted by atomic mass is 9.95. The van der Waals surface area contributed by atoms with Crippen molar-refractivity contribution in [2.24, 2.45) is 5.73 Å². The van der Waals surface area contributed by atoms with Gasteiger partial charge in [0.05, 0.1) is 25.4 Å². The van der Waals surface area contributed by atoms with Gasteiger partial charge in [0.1, 0.15) is 0 Å². The minimum Gasteiger partial charge on any atom is -0.376 e. The summed E-state index contributed by atoms with van der Waals surface area (Å²) in [6.07, 6.45) is 7.92. The highest BCUT2D eigenvalue weighted by atomic mass is 16.5. The summed E-state index contributed by atoms with van der Waals surface area (Å²) in [6.45, 7) is 5.44. The topological polar surface area (TPSA) is 44.5 Å². The summed E-state index contributed by atoms with van der Waals surface area (Å²) in [5, 5.41) is 0. The van der Waals surface area contributed by atoms with Crippen LogP contribution in [0.3, 0.4) is 0 Å². The molecule has 0 amide bonds. The molecular formula is C13H27NO2. The number of hydrogen-bond donors (Lipinski definition) is 1. The number of rotatable bonds is 5. The maximum Gasteiger partial charge on any atom is 0.0727 e. The van der Waals surface area contributed by atoms with Gasteiger partial charge in [-0.1, -0.05) is 25.7 Å². The molecule has 96 valence electrons. The second kappa shape index (κ2) is 8.04. The van der Waals surface area contributed by atoms with Crippen LogP contribution in [0.5, 0.6) is 0 Å². The molecule has 0 aliphatic heterocycles. The van der Waals surface area contributed by atoms with Crippen LogP contribution in [0, 0.1) is 0 Å². The van der Waals surface area contributed by atoms with Gasteiger partial charge in [0.25, 0.3) is 0 Å². The Kier molecular flexibility index (Phi) is 7.01. The maximum absolute atomic E-state index is 6.12. The van der Waals surface area contributed by atoms with Crippen LogP contribution in [0.4, 0.5) is 0 Å². The van der Waals surface area contributed by atoms with Gasteiger partial charge in [-0.05, 0) is 26.7 Å². The van der Waals surface area contributed by atoms with Crippen molar-refractivity contribution < 1.29 is 9.47 Å². The van der Waals surface area contributed by atoms with Gasteiger partial charge in [-0.25, -0.2) is 0 Å².